The first-order chi connectivity index (χ1) is 15.6. The van der Waals surface area contributed by atoms with E-state index in [1.807, 2.05) is 61.5 Å². The van der Waals surface area contributed by atoms with Crippen molar-refractivity contribution in [1.82, 2.24) is 10.9 Å². The van der Waals surface area contributed by atoms with Crippen LogP contribution in [0.15, 0.2) is 60.7 Å². The monoisotopic (exact) mass is 451 g/mol. The average Bonchev–Trinajstić information content (AvgIpc) is 3.28. The van der Waals surface area contributed by atoms with Crippen LogP contribution in [0.3, 0.4) is 0 Å². The van der Waals surface area contributed by atoms with Gasteiger partial charge in [0.2, 0.25) is 0 Å². The van der Waals surface area contributed by atoms with Crippen LogP contribution >= 0.6 is 11.3 Å². The number of hydrogen-bond donors (Lipinski definition) is 2. The van der Waals surface area contributed by atoms with Gasteiger partial charge in [0.25, 0.3) is 11.8 Å². The molecule has 8 heteroatoms. The molecule has 0 atom stereocenters. The van der Waals surface area contributed by atoms with Gasteiger partial charge in [0, 0.05) is 18.7 Å². The minimum Gasteiger partial charge on any atom is -0.484 e. The number of ether oxygens (including phenoxy) is 2. The zero-order valence-corrected chi connectivity index (χ0v) is 18.6. The van der Waals surface area contributed by atoms with E-state index in [9.17, 15) is 9.59 Å². The highest BCUT2D eigenvalue weighted by Crippen LogP contribution is 2.39. The first kappa shape index (κ1) is 21.9. The number of thiophene rings is 1. The van der Waals surface area contributed by atoms with Crippen molar-refractivity contribution < 1.29 is 19.1 Å². The van der Waals surface area contributed by atoms with Crippen molar-refractivity contribution in [1.29, 1.82) is 0 Å². The molecule has 0 aliphatic carbocycles. The summed E-state index contributed by atoms with van der Waals surface area (Å²) in [5, 5.41) is 1.03. The van der Waals surface area contributed by atoms with E-state index in [0.717, 1.165) is 34.8 Å². The van der Waals surface area contributed by atoms with E-state index in [-0.39, 0.29) is 12.5 Å². The van der Waals surface area contributed by atoms with Crippen molar-refractivity contribution in [3.63, 3.8) is 0 Å². The van der Waals surface area contributed by atoms with Crippen LogP contribution in [-0.4, -0.2) is 44.7 Å². The quantitative estimate of drug-likeness (QED) is 0.562. The van der Waals surface area contributed by atoms with Crippen molar-refractivity contribution in [3.05, 3.63) is 71.1 Å². The molecule has 1 fully saturated rings. The highest BCUT2D eigenvalue weighted by molar-refractivity contribution is 7.18. The van der Waals surface area contributed by atoms with Gasteiger partial charge in [-0.25, -0.2) is 0 Å². The Balaban J connectivity index is 1.41. The Hall–Kier alpha value is -3.36. The van der Waals surface area contributed by atoms with Crippen molar-refractivity contribution in [3.8, 4) is 16.9 Å². The molecule has 7 nitrogen and oxygen atoms in total. The molecule has 0 radical (unpaired) electrons. The maximum atomic E-state index is 12.7. The molecular formula is C24H25N3O4S. The number of morpholine rings is 1. The van der Waals surface area contributed by atoms with Gasteiger partial charge in [-0.1, -0.05) is 42.5 Å². The van der Waals surface area contributed by atoms with E-state index in [4.69, 9.17) is 9.47 Å². The van der Waals surface area contributed by atoms with Gasteiger partial charge in [-0.2, -0.15) is 0 Å². The molecule has 2 N–H and O–H groups in total. The van der Waals surface area contributed by atoms with Gasteiger partial charge >= 0.3 is 0 Å². The zero-order chi connectivity index (χ0) is 22.3. The van der Waals surface area contributed by atoms with Crippen molar-refractivity contribution in [2.24, 2.45) is 0 Å². The second kappa shape index (κ2) is 10.3. The number of aryl methyl sites for hydroxylation is 1. The molecule has 4 rings (SSSR count). The summed E-state index contributed by atoms with van der Waals surface area (Å²) < 4.78 is 10.9. The Morgan fingerprint density at radius 2 is 1.81 bits per heavy atom. The highest BCUT2D eigenvalue weighted by atomic mass is 32.1. The Bertz CT molecular complexity index is 1080. The number of nitrogens with zero attached hydrogens (tertiary/aromatic N) is 1. The average molecular weight is 452 g/mol. The number of anilines is 1. The van der Waals surface area contributed by atoms with Crippen LogP contribution in [0, 0.1) is 6.92 Å². The lowest BCUT2D eigenvalue weighted by molar-refractivity contribution is -0.123. The minimum absolute atomic E-state index is 0.192. The van der Waals surface area contributed by atoms with E-state index >= 15 is 0 Å². The Kier molecular flexibility index (Phi) is 7.03. The van der Waals surface area contributed by atoms with Gasteiger partial charge in [-0.05, 0) is 36.2 Å². The third kappa shape index (κ3) is 5.46. The molecule has 1 saturated heterocycles. The van der Waals surface area contributed by atoms with Crippen LogP contribution in [-0.2, 0) is 9.53 Å². The minimum atomic E-state index is -0.437. The Morgan fingerprint density at radius 3 is 2.56 bits per heavy atom. The van der Waals surface area contributed by atoms with Crippen LogP contribution in [0.2, 0.25) is 0 Å². The van der Waals surface area contributed by atoms with Gasteiger partial charge in [0.05, 0.1) is 23.1 Å². The first-order valence-corrected chi connectivity index (χ1v) is 11.2. The molecular weight excluding hydrogens is 426 g/mol. The maximum absolute atomic E-state index is 12.7. The largest absolute Gasteiger partial charge is 0.484 e. The Morgan fingerprint density at radius 1 is 1.03 bits per heavy atom. The van der Waals surface area contributed by atoms with Crippen molar-refractivity contribution in [2.75, 3.05) is 37.8 Å². The van der Waals surface area contributed by atoms with Gasteiger partial charge < -0.3 is 14.4 Å². The molecule has 1 aromatic heterocycles. The number of amides is 2. The number of benzene rings is 2. The first-order valence-electron chi connectivity index (χ1n) is 10.4. The molecule has 32 heavy (non-hydrogen) atoms. The lowest BCUT2D eigenvalue weighted by Gasteiger charge is -2.28. The van der Waals surface area contributed by atoms with Crippen LogP contribution in [0.25, 0.3) is 11.1 Å². The van der Waals surface area contributed by atoms with Crippen LogP contribution in [0.5, 0.6) is 5.75 Å². The molecule has 1 aliphatic rings. The third-order valence-corrected chi connectivity index (χ3v) is 6.19. The van der Waals surface area contributed by atoms with Gasteiger partial charge in [0.15, 0.2) is 6.61 Å². The lowest BCUT2D eigenvalue weighted by Crippen LogP contribution is -2.43. The number of carbonyl (C=O) groups is 2. The lowest BCUT2D eigenvalue weighted by atomic mass is 10.1. The zero-order valence-electron chi connectivity index (χ0n) is 17.8. The standard InChI is InChI=1S/C24H25N3O4S/c1-17-6-5-9-19(14-17)31-16-22(28)25-26-23(29)21-15-20(18-7-3-2-4-8-18)24(32-21)27-10-12-30-13-11-27/h2-9,14-15H,10-13,16H2,1H3,(H,25,28)(H,26,29). The fraction of sp³-hybridized carbons (Fsp3) is 0.250. The molecule has 2 aromatic carbocycles. The van der Waals surface area contributed by atoms with Gasteiger partial charge in [-0.15, -0.1) is 11.3 Å². The summed E-state index contributed by atoms with van der Waals surface area (Å²) in [4.78, 5) is 27.6. The molecule has 0 spiro atoms. The predicted molar refractivity (Wildman–Crippen MR) is 125 cm³/mol. The summed E-state index contributed by atoms with van der Waals surface area (Å²) in [6.07, 6.45) is 0. The van der Waals surface area contributed by atoms with Gasteiger partial charge in [0.1, 0.15) is 5.75 Å². The summed E-state index contributed by atoms with van der Waals surface area (Å²) in [5.74, 6) is -0.198. The normalized spacial score (nSPS) is 13.5. The molecule has 0 saturated carbocycles. The Labute approximate surface area is 190 Å². The smallest absolute Gasteiger partial charge is 0.279 e. The summed E-state index contributed by atoms with van der Waals surface area (Å²) in [6.45, 7) is 4.61. The molecule has 1 aliphatic heterocycles. The van der Waals surface area contributed by atoms with Crippen LogP contribution < -0.4 is 20.5 Å². The second-order valence-electron chi connectivity index (χ2n) is 7.40. The van der Waals surface area contributed by atoms with E-state index in [2.05, 4.69) is 15.8 Å². The van der Waals surface area contributed by atoms with E-state index < -0.39 is 5.91 Å². The summed E-state index contributed by atoms with van der Waals surface area (Å²) in [7, 11) is 0. The number of carbonyl (C=O) groups excluding carboxylic acids is 2. The number of nitrogens with one attached hydrogen (secondary N) is 2. The number of hydrogen-bond acceptors (Lipinski definition) is 6. The van der Waals surface area contributed by atoms with Crippen LogP contribution in [0.1, 0.15) is 15.2 Å². The second-order valence-corrected chi connectivity index (χ2v) is 8.43. The maximum Gasteiger partial charge on any atom is 0.279 e. The summed E-state index contributed by atoms with van der Waals surface area (Å²) in [6, 6.07) is 19.3. The molecule has 2 heterocycles. The fourth-order valence-electron chi connectivity index (χ4n) is 3.40. The topological polar surface area (TPSA) is 79.9 Å². The number of rotatable bonds is 6. The molecule has 0 bridgehead atoms. The van der Waals surface area contributed by atoms with Crippen LogP contribution in [0.4, 0.5) is 5.00 Å². The van der Waals surface area contributed by atoms with E-state index in [1.165, 1.54) is 11.3 Å². The fourth-order valence-corrected chi connectivity index (χ4v) is 4.52. The van der Waals surface area contributed by atoms with E-state index in [0.29, 0.717) is 23.8 Å². The molecule has 3 aromatic rings. The van der Waals surface area contributed by atoms with Crippen molar-refractivity contribution >= 4 is 28.2 Å². The number of hydrazine groups is 1. The van der Waals surface area contributed by atoms with Gasteiger partial charge in [-0.3, -0.25) is 20.4 Å². The summed E-state index contributed by atoms with van der Waals surface area (Å²) in [5.41, 5.74) is 7.99. The highest BCUT2D eigenvalue weighted by Gasteiger charge is 2.22. The molecule has 2 amide bonds. The molecule has 0 unspecified atom stereocenters. The summed E-state index contributed by atoms with van der Waals surface area (Å²) >= 11 is 1.41. The molecule has 166 valence electrons. The van der Waals surface area contributed by atoms with E-state index in [1.54, 1.807) is 6.07 Å². The predicted octanol–water partition coefficient (Wildman–Crippen LogP) is 3.40. The SMILES string of the molecule is Cc1cccc(OCC(=O)NNC(=O)c2cc(-c3ccccc3)c(N3CCOCC3)s2)c1. The van der Waals surface area contributed by atoms with Crippen molar-refractivity contribution in [2.45, 2.75) is 6.92 Å². The third-order valence-electron chi connectivity index (χ3n) is 4.99.